The van der Waals surface area contributed by atoms with Crippen molar-refractivity contribution in [1.82, 2.24) is 14.9 Å². The van der Waals surface area contributed by atoms with Gasteiger partial charge in [0.25, 0.3) is 0 Å². The molecular formula is C22H29N3O4S. The van der Waals surface area contributed by atoms with Crippen molar-refractivity contribution in [3.8, 4) is 11.5 Å². The molecule has 0 aliphatic carbocycles. The van der Waals surface area contributed by atoms with Crippen molar-refractivity contribution in [2.24, 2.45) is 0 Å². The predicted molar refractivity (Wildman–Crippen MR) is 117 cm³/mol. The summed E-state index contributed by atoms with van der Waals surface area (Å²) in [5.74, 6) is 1.59. The number of carbonyl (C=O) groups is 1. The number of hydrogen-bond donors (Lipinski definition) is 2. The maximum absolute atomic E-state index is 12.3. The summed E-state index contributed by atoms with van der Waals surface area (Å²) < 4.78 is 31.4. The fourth-order valence-electron chi connectivity index (χ4n) is 3.41. The van der Waals surface area contributed by atoms with Crippen LogP contribution < -0.4 is 15.4 Å². The molecule has 0 radical (unpaired) electrons. The second kappa shape index (κ2) is 9.95. The van der Waals surface area contributed by atoms with Crippen LogP contribution in [0.3, 0.4) is 0 Å². The van der Waals surface area contributed by atoms with Crippen LogP contribution in [-0.4, -0.2) is 43.6 Å². The van der Waals surface area contributed by atoms with Crippen LogP contribution in [0.5, 0.6) is 11.5 Å². The zero-order chi connectivity index (χ0) is 21.6. The Balaban J connectivity index is 1.52. The highest BCUT2D eigenvalue weighted by molar-refractivity contribution is 7.89. The number of ether oxygens (including phenoxy) is 1. The first-order chi connectivity index (χ1) is 14.4. The van der Waals surface area contributed by atoms with Crippen LogP contribution in [0.25, 0.3) is 0 Å². The topological polar surface area (TPSA) is 87.7 Å². The fraction of sp³-hybridized carbons (Fsp3) is 0.409. The van der Waals surface area contributed by atoms with Crippen LogP contribution in [0, 0.1) is 6.92 Å². The summed E-state index contributed by atoms with van der Waals surface area (Å²) in [7, 11) is -3.16. The molecule has 162 valence electrons. The molecule has 2 aromatic carbocycles. The van der Waals surface area contributed by atoms with Gasteiger partial charge < -0.3 is 15.4 Å². The van der Waals surface area contributed by atoms with E-state index in [2.05, 4.69) is 10.6 Å². The maximum atomic E-state index is 12.3. The van der Waals surface area contributed by atoms with Crippen LogP contribution in [0.2, 0.25) is 0 Å². The molecule has 2 aromatic rings. The number of hydrogen-bond acceptors (Lipinski definition) is 4. The lowest BCUT2D eigenvalue weighted by Crippen LogP contribution is -2.49. The first-order valence-corrected chi connectivity index (χ1v) is 11.8. The molecule has 3 rings (SSSR count). The smallest absolute Gasteiger partial charge is 0.315 e. The molecule has 1 fully saturated rings. The zero-order valence-electron chi connectivity index (χ0n) is 17.4. The number of sulfonamides is 1. The van der Waals surface area contributed by atoms with Gasteiger partial charge in [0.15, 0.2) is 0 Å². The van der Waals surface area contributed by atoms with Gasteiger partial charge >= 0.3 is 6.03 Å². The number of urea groups is 1. The van der Waals surface area contributed by atoms with E-state index in [4.69, 9.17) is 4.74 Å². The molecule has 0 saturated carbocycles. The van der Waals surface area contributed by atoms with Crippen molar-refractivity contribution in [1.29, 1.82) is 0 Å². The van der Waals surface area contributed by atoms with E-state index in [1.54, 1.807) is 6.92 Å². The minimum Gasteiger partial charge on any atom is -0.457 e. The normalized spacial score (nSPS) is 15.5. The summed E-state index contributed by atoms with van der Waals surface area (Å²) in [5.41, 5.74) is 1.91. The van der Waals surface area contributed by atoms with Crippen molar-refractivity contribution < 1.29 is 17.9 Å². The Morgan fingerprint density at radius 3 is 2.37 bits per heavy atom. The van der Waals surface area contributed by atoms with Gasteiger partial charge in [-0.1, -0.05) is 36.4 Å². The van der Waals surface area contributed by atoms with E-state index in [9.17, 15) is 13.2 Å². The molecule has 1 heterocycles. The van der Waals surface area contributed by atoms with Gasteiger partial charge in [-0.25, -0.2) is 17.5 Å². The van der Waals surface area contributed by atoms with E-state index in [-0.39, 0.29) is 17.8 Å². The highest BCUT2D eigenvalue weighted by Gasteiger charge is 2.27. The molecule has 1 saturated heterocycles. The standard InChI is InChI=1S/C22H29N3O4S/c1-3-30(27,28)25-14-12-19(13-15-25)24-22(26)23-16-18-9-5-7-11-21(18)29-20-10-6-4-8-17(20)2/h4-11,19H,3,12-16H2,1-2H3,(H2,23,24,26). The number of benzene rings is 2. The van der Waals surface area contributed by atoms with Crippen molar-refractivity contribution in [2.45, 2.75) is 39.3 Å². The number of carbonyl (C=O) groups excluding carboxylic acids is 1. The van der Waals surface area contributed by atoms with Crippen molar-refractivity contribution >= 4 is 16.1 Å². The van der Waals surface area contributed by atoms with Gasteiger partial charge in [0, 0.05) is 31.2 Å². The average molecular weight is 432 g/mol. The second-order valence-corrected chi connectivity index (χ2v) is 9.63. The summed E-state index contributed by atoms with van der Waals surface area (Å²) in [6.45, 7) is 4.84. The highest BCUT2D eigenvalue weighted by Crippen LogP contribution is 2.27. The number of rotatable bonds is 7. The van der Waals surface area contributed by atoms with Gasteiger partial charge in [0.05, 0.1) is 5.75 Å². The number of aryl methyl sites for hydroxylation is 1. The summed E-state index contributed by atoms with van der Waals surface area (Å²) in [6, 6.07) is 15.1. The molecule has 0 atom stereocenters. The third-order valence-electron chi connectivity index (χ3n) is 5.27. The molecule has 0 spiro atoms. The highest BCUT2D eigenvalue weighted by atomic mass is 32.2. The van der Waals surface area contributed by atoms with E-state index >= 15 is 0 Å². The first kappa shape index (κ1) is 22.1. The van der Waals surface area contributed by atoms with Gasteiger partial charge in [-0.05, 0) is 44.4 Å². The van der Waals surface area contributed by atoms with Crippen LogP contribution in [-0.2, 0) is 16.6 Å². The minimum atomic E-state index is -3.16. The lowest BCUT2D eigenvalue weighted by atomic mass is 10.1. The van der Waals surface area contributed by atoms with Crippen LogP contribution >= 0.6 is 0 Å². The quantitative estimate of drug-likeness (QED) is 0.703. The lowest BCUT2D eigenvalue weighted by molar-refractivity contribution is 0.227. The van der Waals surface area contributed by atoms with Gasteiger partial charge in [-0.2, -0.15) is 0 Å². The van der Waals surface area contributed by atoms with E-state index in [0.29, 0.717) is 38.2 Å². The molecule has 8 heteroatoms. The molecule has 0 aromatic heterocycles. The maximum Gasteiger partial charge on any atom is 0.315 e. The largest absolute Gasteiger partial charge is 0.457 e. The number of para-hydroxylation sites is 2. The Bertz CT molecular complexity index is 970. The fourth-order valence-corrected chi connectivity index (χ4v) is 4.54. The average Bonchev–Trinajstić information content (AvgIpc) is 2.75. The van der Waals surface area contributed by atoms with E-state index in [0.717, 1.165) is 16.9 Å². The summed E-state index contributed by atoms with van der Waals surface area (Å²) in [5, 5.41) is 5.82. The Labute approximate surface area is 178 Å². The SMILES string of the molecule is CCS(=O)(=O)N1CCC(NC(=O)NCc2ccccc2Oc2ccccc2C)CC1. The van der Waals surface area contributed by atoms with Gasteiger partial charge in [0.1, 0.15) is 11.5 Å². The molecule has 1 aliphatic heterocycles. The Kier molecular flexibility index (Phi) is 7.33. The van der Waals surface area contributed by atoms with E-state index in [1.165, 1.54) is 4.31 Å². The second-order valence-electron chi connectivity index (χ2n) is 7.38. The van der Waals surface area contributed by atoms with Crippen LogP contribution in [0.15, 0.2) is 48.5 Å². The van der Waals surface area contributed by atoms with Crippen molar-refractivity contribution in [3.05, 3.63) is 59.7 Å². The molecule has 30 heavy (non-hydrogen) atoms. The van der Waals surface area contributed by atoms with Crippen molar-refractivity contribution in [3.63, 3.8) is 0 Å². The minimum absolute atomic E-state index is 0.0354. The Hall–Kier alpha value is -2.58. The first-order valence-electron chi connectivity index (χ1n) is 10.2. The zero-order valence-corrected chi connectivity index (χ0v) is 18.2. The van der Waals surface area contributed by atoms with E-state index in [1.807, 2.05) is 55.5 Å². The number of amides is 2. The lowest BCUT2D eigenvalue weighted by Gasteiger charge is -2.31. The molecule has 0 bridgehead atoms. The Morgan fingerprint density at radius 1 is 1.07 bits per heavy atom. The third kappa shape index (κ3) is 5.73. The molecule has 7 nitrogen and oxygen atoms in total. The van der Waals surface area contributed by atoms with Gasteiger partial charge in [0.2, 0.25) is 10.0 Å². The third-order valence-corrected chi connectivity index (χ3v) is 7.15. The van der Waals surface area contributed by atoms with E-state index < -0.39 is 10.0 Å². The van der Waals surface area contributed by atoms with Gasteiger partial charge in [-0.15, -0.1) is 0 Å². The Morgan fingerprint density at radius 2 is 1.70 bits per heavy atom. The summed E-state index contributed by atoms with van der Waals surface area (Å²) in [6.07, 6.45) is 1.22. The monoisotopic (exact) mass is 431 g/mol. The van der Waals surface area contributed by atoms with Crippen LogP contribution in [0.4, 0.5) is 4.79 Å². The predicted octanol–water partition coefficient (Wildman–Crippen LogP) is 3.40. The summed E-state index contributed by atoms with van der Waals surface area (Å²) in [4.78, 5) is 12.3. The molecule has 0 unspecified atom stereocenters. The molecule has 1 aliphatic rings. The number of piperidine rings is 1. The molecule has 2 N–H and O–H groups in total. The van der Waals surface area contributed by atoms with Crippen LogP contribution in [0.1, 0.15) is 30.9 Å². The molecular weight excluding hydrogens is 402 g/mol. The summed E-state index contributed by atoms with van der Waals surface area (Å²) >= 11 is 0. The van der Waals surface area contributed by atoms with Crippen molar-refractivity contribution in [2.75, 3.05) is 18.8 Å². The van der Waals surface area contributed by atoms with Gasteiger partial charge in [-0.3, -0.25) is 0 Å². The number of nitrogens with one attached hydrogen (secondary N) is 2. The molecule has 2 amide bonds. The number of nitrogens with zero attached hydrogens (tertiary/aromatic N) is 1.